The number of carboxylic acid groups (broad SMARTS) is 3. The van der Waals surface area contributed by atoms with E-state index in [1.165, 1.54) is 18.0 Å². The molecule has 0 spiro atoms. The molecule has 6 rings (SSSR count). The topological polar surface area (TPSA) is 404 Å². The maximum absolute atomic E-state index is 14.7. The molecule has 0 saturated carbocycles. The van der Waals surface area contributed by atoms with Gasteiger partial charge in [0.05, 0.1) is 36.3 Å². The van der Waals surface area contributed by atoms with Crippen LogP contribution in [-0.2, 0) is 62.5 Å². The molecule has 0 aromatic heterocycles. The van der Waals surface area contributed by atoms with E-state index in [0.29, 0.717) is 21.1 Å². The Balaban J connectivity index is 1.13. The van der Waals surface area contributed by atoms with Gasteiger partial charge in [-0.3, -0.25) is 72.5 Å². The fraction of sp³-hybridized carbons (Fsp3) is 0.459. The molecule has 7 amide bonds. The van der Waals surface area contributed by atoms with Crippen molar-refractivity contribution in [3.8, 4) is 5.75 Å². The lowest BCUT2D eigenvalue weighted by Crippen LogP contribution is -2.58. The predicted molar refractivity (Wildman–Crippen MR) is 341 cm³/mol. The van der Waals surface area contributed by atoms with Gasteiger partial charge >= 0.3 is 17.9 Å². The van der Waals surface area contributed by atoms with Crippen LogP contribution in [0.5, 0.6) is 5.75 Å². The molecule has 4 atom stereocenters. The van der Waals surface area contributed by atoms with E-state index < -0.39 is 84.1 Å². The number of hydrogen-bond donors (Lipinski definition) is 12. The second-order valence-electron chi connectivity index (χ2n) is 22.2. The molecule has 0 radical (unpaired) electrons. The third-order valence-electron chi connectivity index (χ3n) is 15.4. The highest BCUT2D eigenvalue weighted by molar-refractivity contribution is 14.1. The van der Waals surface area contributed by atoms with E-state index in [-0.39, 0.29) is 160 Å². The van der Waals surface area contributed by atoms with Gasteiger partial charge in [0.2, 0.25) is 35.4 Å². The molecule has 2 saturated heterocycles. The first kappa shape index (κ1) is 70.6. The Morgan fingerprint density at radius 3 is 1.76 bits per heavy atom. The summed E-state index contributed by atoms with van der Waals surface area (Å²) >= 11 is 1.93. The van der Waals surface area contributed by atoms with E-state index in [9.17, 15) is 68.4 Å². The van der Waals surface area contributed by atoms with Gasteiger partial charge in [0, 0.05) is 91.0 Å². The molecule has 4 aromatic carbocycles. The van der Waals surface area contributed by atoms with Crippen LogP contribution in [-0.4, -0.2) is 240 Å². The van der Waals surface area contributed by atoms with Gasteiger partial charge < -0.3 is 68.7 Å². The molecule has 0 unspecified atom stereocenters. The third-order valence-corrected chi connectivity index (χ3v) is 16.3. The quantitative estimate of drug-likeness (QED) is 0.0175. The number of nitrogens with two attached hydrogens (primary N) is 2. The first-order chi connectivity index (χ1) is 43.0. The normalized spacial score (nSPS) is 19.3. The standard InChI is InChI=1S/C61H81IN14O14/c1-72-49(9-5-20-65-56(86)43-16-11-40(12-17-43)33-67-52(79)35-73-22-24-74(36-53(80)81)26-28-76(38-55(84)85)29-27-75(25-23-73)37-54(82)83)59(89)71-46(8-4-21-66-61(63)64)58(88)70-47(18-13-39-10-15-42-6-2-3-7-44(42)30-39)57(87)68-34-51(78)69-48(60(72)90)32-41-14-19-50(77)45(62)31-41/h2-3,6-7,10-12,14-17,19,30-31,46-49,77H,4-5,8-9,13,18,20-29,32-38H2,1H3,(H,65,86)(H,67,79)(H,68,87)(H,69,78)(H,70,88)(H,71,89)(H,80,81)(H,82,83)(H,84,85)(H4,63,64,66)/t46-,47-,48+,49+/m0/s1. The number of carbonyl (C=O) groups excluding carboxylic acids is 7. The van der Waals surface area contributed by atoms with Gasteiger partial charge in [-0.15, -0.1) is 0 Å². The highest BCUT2D eigenvalue weighted by Crippen LogP contribution is 2.23. The Bertz CT molecular complexity index is 3170. The summed E-state index contributed by atoms with van der Waals surface area (Å²) in [5, 5.41) is 57.6. The molecule has 2 aliphatic heterocycles. The number of guanidine groups is 1. The Morgan fingerprint density at radius 1 is 0.611 bits per heavy atom. The van der Waals surface area contributed by atoms with Crippen molar-refractivity contribution in [2.75, 3.05) is 105 Å². The van der Waals surface area contributed by atoms with Crippen LogP contribution < -0.4 is 43.4 Å². The number of aryl methyl sites for hydroxylation is 1. The average molecular weight is 1360 g/mol. The summed E-state index contributed by atoms with van der Waals surface area (Å²) in [7, 11) is 1.39. The number of aliphatic imine (C=N–C) groups is 1. The second kappa shape index (κ2) is 35.6. The van der Waals surface area contributed by atoms with Gasteiger partial charge in [0.15, 0.2) is 5.96 Å². The average Bonchev–Trinajstić information content (AvgIpc) is 2.55. The number of fused-ring (bicyclic) bond motifs is 1. The molecule has 2 fully saturated rings. The van der Waals surface area contributed by atoms with Crippen LogP contribution in [0.15, 0.2) is 89.9 Å². The monoisotopic (exact) mass is 1360 g/mol. The number of carboxylic acids is 3. The summed E-state index contributed by atoms with van der Waals surface area (Å²) in [5.74, 6) is -7.77. The van der Waals surface area contributed by atoms with Gasteiger partial charge in [-0.05, 0) is 113 Å². The van der Waals surface area contributed by atoms with Crippen molar-refractivity contribution in [1.29, 1.82) is 0 Å². The molecule has 90 heavy (non-hydrogen) atoms. The minimum atomic E-state index is -1.29. The molecule has 28 nitrogen and oxygen atoms in total. The number of benzene rings is 4. The molecule has 14 N–H and O–H groups in total. The van der Waals surface area contributed by atoms with Gasteiger partial charge in [0.1, 0.15) is 29.9 Å². The van der Waals surface area contributed by atoms with Crippen molar-refractivity contribution in [1.82, 2.24) is 56.4 Å². The number of halogens is 1. The lowest BCUT2D eigenvalue weighted by atomic mass is 10.0. The number of nitrogens with zero attached hydrogens (tertiary/aromatic N) is 6. The van der Waals surface area contributed by atoms with Crippen LogP contribution in [0.25, 0.3) is 10.8 Å². The molecular formula is C61H81IN14O14. The fourth-order valence-electron chi connectivity index (χ4n) is 10.5. The summed E-state index contributed by atoms with van der Waals surface area (Å²) < 4.78 is 0.481. The predicted octanol–water partition coefficient (Wildman–Crippen LogP) is -0.908. The number of phenolic OH excluding ortho intramolecular Hbond substituents is 1. The lowest BCUT2D eigenvalue weighted by molar-refractivity contribution is -0.142. The maximum Gasteiger partial charge on any atom is 0.317 e. The number of nitrogens with one attached hydrogen (secondary N) is 6. The maximum atomic E-state index is 14.7. The number of aliphatic carboxylic acids is 3. The molecule has 486 valence electrons. The van der Waals surface area contributed by atoms with E-state index in [4.69, 9.17) is 11.5 Å². The summed E-state index contributed by atoms with van der Waals surface area (Å²) in [6.45, 7) is 0.541. The zero-order chi connectivity index (χ0) is 65.3. The van der Waals surface area contributed by atoms with E-state index >= 15 is 0 Å². The minimum absolute atomic E-state index is 0.00219. The number of rotatable bonds is 24. The van der Waals surface area contributed by atoms with Gasteiger partial charge in [-0.1, -0.05) is 60.7 Å². The first-order valence-corrected chi connectivity index (χ1v) is 30.7. The van der Waals surface area contributed by atoms with Crippen molar-refractivity contribution >= 4 is 98.6 Å². The molecule has 0 aliphatic carbocycles. The fourth-order valence-corrected chi connectivity index (χ4v) is 11.0. The lowest BCUT2D eigenvalue weighted by Gasteiger charge is -2.32. The van der Waals surface area contributed by atoms with Crippen molar-refractivity contribution in [2.45, 2.75) is 75.7 Å². The van der Waals surface area contributed by atoms with E-state index in [1.54, 1.807) is 56.0 Å². The summed E-state index contributed by atoms with van der Waals surface area (Å²) in [4.78, 5) is 145. The molecular weight excluding hydrogens is 1280 g/mol. The van der Waals surface area contributed by atoms with Crippen molar-refractivity contribution in [2.24, 2.45) is 16.5 Å². The van der Waals surface area contributed by atoms with Crippen molar-refractivity contribution in [3.05, 3.63) is 111 Å². The van der Waals surface area contributed by atoms with E-state index in [2.05, 4.69) is 36.9 Å². The van der Waals surface area contributed by atoms with Crippen molar-refractivity contribution < 1.29 is 68.4 Å². The minimum Gasteiger partial charge on any atom is -0.507 e. The van der Waals surface area contributed by atoms with Crippen LogP contribution in [0.2, 0.25) is 0 Å². The highest BCUT2D eigenvalue weighted by Gasteiger charge is 2.36. The Kier molecular flexibility index (Phi) is 27.9. The largest absolute Gasteiger partial charge is 0.507 e. The number of hydrogen-bond acceptors (Lipinski definition) is 16. The number of phenols is 1. The van der Waals surface area contributed by atoms with Crippen LogP contribution in [0.3, 0.4) is 0 Å². The number of carbonyl (C=O) groups is 10. The van der Waals surface area contributed by atoms with Crippen LogP contribution in [0.1, 0.15) is 59.2 Å². The van der Waals surface area contributed by atoms with E-state index in [0.717, 1.165) is 16.3 Å². The van der Waals surface area contributed by atoms with Gasteiger partial charge in [0.25, 0.3) is 5.91 Å². The highest BCUT2D eigenvalue weighted by atomic mass is 127. The first-order valence-electron chi connectivity index (χ1n) is 29.6. The summed E-state index contributed by atoms with van der Waals surface area (Å²) in [6, 6.07) is 19.8. The van der Waals surface area contributed by atoms with Crippen molar-refractivity contribution in [3.63, 3.8) is 0 Å². The van der Waals surface area contributed by atoms with Crippen LogP contribution in [0.4, 0.5) is 0 Å². The molecule has 2 heterocycles. The van der Waals surface area contributed by atoms with Crippen LogP contribution >= 0.6 is 22.6 Å². The van der Waals surface area contributed by atoms with E-state index in [1.807, 2.05) is 65.1 Å². The second-order valence-corrected chi connectivity index (χ2v) is 23.4. The van der Waals surface area contributed by atoms with Gasteiger partial charge in [-0.25, -0.2) is 0 Å². The third kappa shape index (κ3) is 23.8. The molecule has 2 aliphatic rings. The Morgan fingerprint density at radius 2 is 1.17 bits per heavy atom. The number of aromatic hydroxyl groups is 1. The smallest absolute Gasteiger partial charge is 0.317 e. The SMILES string of the molecule is CN1C(=O)[C@@H](Cc2ccc(O)c(I)c2)NC(=O)CNC(=O)[C@H](CCc2ccc3ccccc3c2)NC(=O)[C@H](CCCN=C(N)N)NC(=O)[C@H]1CCCNC(=O)c1ccc(CNC(=O)CN2CCN(CC(=O)O)CCN(CC(=O)O)CCN(CC(=O)O)CC2)cc1. The van der Waals surface area contributed by atoms with Crippen LogP contribution in [0, 0.1) is 3.57 Å². The molecule has 0 bridgehead atoms. The zero-order valence-corrected chi connectivity index (χ0v) is 52.4. The zero-order valence-electron chi connectivity index (χ0n) is 50.2. The molecule has 29 heteroatoms. The molecule has 4 aromatic rings. The number of likely N-dealkylation sites (N-methyl/N-ethyl adjacent to an activating group) is 1. The Hall–Kier alpha value is -8.52. The Labute approximate surface area is 534 Å². The van der Waals surface area contributed by atoms with Gasteiger partial charge in [-0.2, -0.15) is 0 Å². The number of amides is 7. The summed E-state index contributed by atoms with van der Waals surface area (Å²) in [6.07, 6.45) is 0.675. The summed E-state index contributed by atoms with van der Waals surface area (Å²) in [5.41, 5.74) is 13.5.